The number of halogens is 1. The van der Waals surface area contributed by atoms with E-state index in [9.17, 15) is 4.39 Å². The van der Waals surface area contributed by atoms with Crippen molar-refractivity contribution in [2.75, 3.05) is 33.4 Å². The minimum absolute atomic E-state index is 0.320. The molecule has 1 unspecified atom stereocenters. The van der Waals surface area contributed by atoms with Gasteiger partial charge in [0.25, 0.3) is 0 Å². The zero-order valence-corrected chi connectivity index (χ0v) is 10.5. The largest absolute Gasteiger partial charge is 0.383 e. The molecule has 0 saturated carbocycles. The molecule has 1 fully saturated rings. The fourth-order valence-electron chi connectivity index (χ4n) is 2.44. The lowest BCUT2D eigenvalue weighted by molar-refractivity contribution is 0.160. The van der Waals surface area contributed by atoms with Gasteiger partial charge in [0, 0.05) is 20.2 Å². The molecule has 18 heavy (non-hydrogen) atoms. The minimum atomic E-state index is -0.320. The van der Waals surface area contributed by atoms with Crippen LogP contribution >= 0.6 is 0 Å². The van der Waals surface area contributed by atoms with Gasteiger partial charge in [-0.1, -0.05) is 0 Å². The second-order valence-electron chi connectivity index (χ2n) is 4.66. The van der Waals surface area contributed by atoms with Gasteiger partial charge in [-0.2, -0.15) is 5.26 Å². The van der Waals surface area contributed by atoms with Crippen LogP contribution in [0.2, 0.25) is 0 Å². The van der Waals surface area contributed by atoms with E-state index in [1.54, 1.807) is 19.2 Å². The van der Waals surface area contributed by atoms with Crippen LogP contribution in [-0.2, 0) is 4.74 Å². The average molecular weight is 248 g/mol. The molecular weight excluding hydrogens is 231 g/mol. The summed E-state index contributed by atoms with van der Waals surface area (Å²) in [5, 5.41) is 8.85. The van der Waals surface area contributed by atoms with Crippen molar-refractivity contribution >= 4 is 0 Å². The SMILES string of the molecule is COCCN1CCC(c2cc(F)cc(C#N)c2)C1. The van der Waals surface area contributed by atoms with Gasteiger partial charge in [0.2, 0.25) is 0 Å². The zero-order chi connectivity index (χ0) is 13.0. The maximum Gasteiger partial charge on any atom is 0.124 e. The lowest BCUT2D eigenvalue weighted by Gasteiger charge is -2.15. The molecule has 96 valence electrons. The Hall–Kier alpha value is -1.44. The summed E-state index contributed by atoms with van der Waals surface area (Å²) in [5.41, 5.74) is 1.34. The molecule has 0 amide bonds. The van der Waals surface area contributed by atoms with Crippen molar-refractivity contribution in [2.24, 2.45) is 0 Å². The predicted molar refractivity (Wildman–Crippen MR) is 66.8 cm³/mol. The normalized spacial score (nSPS) is 19.9. The summed E-state index contributed by atoms with van der Waals surface area (Å²) in [6.45, 7) is 3.55. The van der Waals surface area contributed by atoms with E-state index in [-0.39, 0.29) is 5.82 Å². The van der Waals surface area contributed by atoms with Gasteiger partial charge < -0.3 is 9.64 Å². The summed E-state index contributed by atoms with van der Waals surface area (Å²) >= 11 is 0. The molecule has 0 spiro atoms. The fraction of sp³-hybridized carbons (Fsp3) is 0.500. The minimum Gasteiger partial charge on any atom is -0.383 e. The standard InChI is InChI=1S/C14H17FN2O/c1-18-5-4-17-3-2-12(10-17)13-6-11(9-16)7-14(15)8-13/h6-8,12H,2-5,10H2,1H3. The third kappa shape index (κ3) is 3.06. The Kier molecular flexibility index (Phi) is 4.29. The Labute approximate surface area is 107 Å². The maximum absolute atomic E-state index is 13.4. The van der Waals surface area contributed by atoms with E-state index in [0.29, 0.717) is 11.5 Å². The number of rotatable bonds is 4. The molecule has 1 aliphatic rings. The summed E-state index contributed by atoms with van der Waals surface area (Å²) in [6.07, 6.45) is 1.01. The van der Waals surface area contributed by atoms with E-state index in [2.05, 4.69) is 4.90 Å². The van der Waals surface area contributed by atoms with E-state index in [0.717, 1.165) is 38.2 Å². The van der Waals surface area contributed by atoms with Crippen LogP contribution in [0, 0.1) is 17.1 Å². The van der Waals surface area contributed by atoms with Gasteiger partial charge >= 0.3 is 0 Å². The smallest absolute Gasteiger partial charge is 0.124 e. The first-order valence-corrected chi connectivity index (χ1v) is 6.15. The quantitative estimate of drug-likeness (QED) is 0.819. The number of hydrogen-bond donors (Lipinski definition) is 0. The van der Waals surface area contributed by atoms with Crippen LogP contribution in [0.3, 0.4) is 0 Å². The van der Waals surface area contributed by atoms with Crippen molar-refractivity contribution in [3.8, 4) is 6.07 Å². The lowest BCUT2D eigenvalue weighted by atomic mass is 9.96. The topological polar surface area (TPSA) is 36.3 Å². The van der Waals surface area contributed by atoms with E-state index in [4.69, 9.17) is 10.00 Å². The Balaban J connectivity index is 2.05. The van der Waals surface area contributed by atoms with Crippen LogP contribution in [0.15, 0.2) is 18.2 Å². The Bertz CT molecular complexity index is 456. The molecule has 3 nitrogen and oxygen atoms in total. The molecule has 1 aromatic carbocycles. The third-order valence-electron chi connectivity index (χ3n) is 3.40. The van der Waals surface area contributed by atoms with Crippen molar-refractivity contribution < 1.29 is 9.13 Å². The summed E-state index contributed by atoms with van der Waals surface area (Å²) in [6, 6.07) is 6.63. The number of methoxy groups -OCH3 is 1. The molecule has 4 heteroatoms. The molecule has 0 aliphatic carbocycles. The molecule has 0 bridgehead atoms. The zero-order valence-electron chi connectivity index (χ0n) is 10.5. The van der Waals surface area contributed by atoms with Gasteiger partial charge in [0.15, 0.2) is 0 Å². The highest BCUT2D eigenvalue weighted by Crippen LogP contribution is 2.28. The first-order valence-electron chi connectivity index (χ1n) is 6.15. The van der Waals surface area contributed by atoms with Crippen LogP contribution in [0.4, 0.5) is 4.39 Å². The molecular formula is C14H17FN2O. The molecule has 0 radical (unpaired) electrons. The third-order valence-corrected chi connectivity index (χ3v) is 3.40. The number of ether oxygens (including phenoxy) is 1. The van der Waals surface area contributed by atoms with E-state index in [1.807, 2.05) is 6.07 Å². The van der Waals surface area contributed by atoms with E-state index >= 15 is 0 Å². The average Bonchev–Trinajstić information content (AvgIpc) is 2.84. The predicted octanol–water partition coefficient (Wildman–Crippen LogP) is 2.13. The number of nitrogens with zero attached hydrogens (tertiary/aromatic N) is 2. The summed E-state index contributed by atoms with van der Waals surface area (Å²) in [4.78, 5) is 2.31. The summed E-state index contributed by atoms with van der Waals surface area (Å²) in [7, 11) is 1.69. The number of benzene rings is 1. The van der Waals surface area contributed by atoms with Gasteiger partial charge in [0.1, 0.15) is 5.82 Å². The molecule has 1 saturated heterocycles. The monoisotopic (exact) mass is 248 g/mol. The van der Waals surface area contributed by atoms with E-state index in [1.165, 1.54) is 6.07 Å². The lowest BCUT2D eigenvalue weighted by Crippen LogP contribution is -2.24. The second kappa shape index (κ2) is 5.94. The van der Waals surface area contributed by atoms with Crippen LogP contribution in [0.1, 0.15) is 23.5 Å². The van der Waals surface area contributed by atoms with Gasteiger partial charge in [-0.25, -0.2) is 4.39 Å². The van der Waals surface area contributed by atoms with Crippen LogP contribution in [0.5, 0.6) is 0 Å². The van der Waals surface area contributed by atoms with Crippen molar-refractivity contribution in [3.05, 3.63) is 35.1 Å². The van der Waals surface area contributed by atoms with Crippen molar-refractivity contribution in [3.63, 3.8) is 0 Å². The van der Waals surface area contributed by atoms with Crippen LogP contribution in [0.25, 0.3) is 0 Å². The highest BCUT2D eigenvalue weighted by molar-refractivity contribution is 5.35. The number of hydrogen-bond acceptors (Lipinski definition) is 3. The second-order valence-corrected chi connectivity index (χ2v) is 4.66. The van der Waals surface area contributed by atoms with Crippen LogP contribution in [-0.4, -0.2) is 38.3 Å². The van der Waals surface area contributed by atoms with Crippen molar-refractivity contribution in [1.29, 1.82) is 5.26 Å². The van der Waals surface area contributed by atoms with Crippen molar-refractivity contribution in [2.45, 2.75) is 12.3 Å². The van der Waals surface area contributed by atoms with Crippen molar-refractivity contribution in [1.82, 2.24) is 4.90 Å². The molecule has 1 aliphatic heterocycles. The highest BCUT2D eigenvalue weighted by Gasteiger charge is 2.24. The molecule has 0 N–H and O–H groups in total. The first kappa shape index (κ1) is 13.0. The van der Waals surface area contributed by atoms with Gasteiger partial charge in [-0.05, 0) is 42.6 Å². The Morgan fingerprint density at radius 3 is 3.06 bits per heavy atom. The van der Waals surface area contributed by atoms with Gasteiger partial charge in [0.05, 0.1) is 18.2 Å². The fourth-order valence-corrected chi connectivity index (χ4v) is 2.44. The Morgan fingerprint density at radius 2 is 2.33 bits per heavy atom. The molecule has 1 atom stereocenters. The summed E-state index contributed by atoms with van der Waals surface area (Å²) < 4.78 is 18.4. The first-order chi connectivity index (χ1) is 8.72. The van der Waals surface area contributed by atoms with Gasteiger partial charge in [-0.3, -0.25) is 0 Å². The molecule has 1 aromatic rings. The molecule has 1 heterocycles. The number of likely N-dealkylation sites (tertiary alicyclic amines) is 1. The molecule has 0 aromatic heterocycles. The molecule has 2 rings (SSSR count). The highest BCUT2D eigenvalue weighted by atomic mass is 19.1. The Morgan fingerprint density at radius 1 is 1.50 bits per heavy atom. The van der Waals surface area contributed by atoms with Gasteiger partial charge in [-0.15, -0.1) is 0 Å². The van der Waals surface area contributed by atoms with E-state index < -0.39 is 0 Å². The number of nitriles is 1. The summed E-state index contributed by atoms with van der Waals surface area (Å²) in [5.74, 6) is 0.00375. The maximum atomic E-state index is 13.4. The van der Waals surface area contributed by atoms with Crippen LogP contribution < -0.4 is 0 Å².